The minimum atomic E-state index is 0.499. The molecule has 1 saturated heterocycles. The molecule has 0 bridgehead atoms. The van der Waals surface area contributed by atoms with Gasteiger partial charge < -0.3 is 20.3 Å². The number of nitrogens with zero attached hydrogens (tertiary/aromatic N) is 5. The third-order valence-corrected chi connectivity index (χ3v) is 6.16. The second-order valence-electron chi connectivity index (χ2n) is 8.25. The van der Waals surface area contributed by atoms with Gasteiger partial charge in [-0.2, -0.15) is 0 Å². The van der Waals surface area contributed by atoms with Gasteiger partial charge in [-0.1, -0.05) is 19.3 Å². The lowest BCUT2D eigenvalue weighted by molar-refractivity contribution is 0.418. The highest BCUT2D eigenvalue weighted by atomic mass is 16.5. The van der Waals surface area contributed by atoms with Crippen LogP contribution in [-0.4, -0.2) is 59.3 Å². The van der Waals surface area contributed by atoms with Gasteiger partial charge in [-0.25, -0.2) is 15.0 Å². The van der Waals surface area contributed by atoms with Crippen LogP contribution < -0.4 is 20.3 Å². The van der Waals surface area contributed by atoms with Crippen molar-refractivity contribution < 1.29 is 4.74 Å². The number of piperazine rings is 1. The zero-order valence-electron chi connectivity index (χ0n) is 18.0. The minimum absolute atomic E-state index is 0.499. The maximum Gasteiger partial charge on any atom is 0.162 e. The molecule has 1 aliphatic heterocycles. The van der Waals surface area contributed by atoms with Crippen LogP contribution in [-0.2, 0) is 0 Å². The Bertz CT molecular complexity index is 1050. The van der Waals surface area contributed by atoms with Crippen molar-refractivity contribution in [2.75, 3.05) is 43.5 Å². The average molecular weight is 420 g/mol. The van der Waals surface area contributed by atoms with E-state index < -0.39 is 0 Å². The van der Waals surface area contributed by atoms with E-state index in [1.54, 1.807) is 19.5 Å². The number of ether oxygens (including phenoxy) is 1. The third-order valence-electron chi connectivity index (χ3n) is 6.16. The average Bonchev–Trinajstić information content (AvgIpc) is 2.84. The van der Waals surface area contributed by atoms with E-state index in [-0.39, 0.29) is 0 Å². The highest BCUT2D eigenvalue weighted by molar-refractivity contribution is 5.95. The Morgan fingerprint density at radius 2 is 1.94 bits per heavy atom. The van der Waals surface area contributed by atoms with E-state index in [0.29, 0.717) is 17.6 Å². The molecule has 0 radical (unpaired) electrons. The topological polar surface area (TPSA) is 88.1 Å². The van der Waals surface area contributed by atoms with Gasteiger partial charge in [-0.3, -0.25) is 4.98 Å². The number of pyridine rings is 2. The van der Waals surface area contributed by atoms with Gasteiger partial charge in [-0.15, -0.1) is 0 Å². The summed E-state index contributed by atoms with van der Waals surface area (Å²) in [5.41, 5.74) is 1.74. The van der Waals surface area contributed by atoms with Crippen LogP contribution in [0.4, 0.5) is 11.6 Å². The van der Waals surface area contributed by atoms with Crippen molar-refractivity contribution in [3.8, 4) is 17.1 Å². The number of hydrogen-bond acceptors (Lipinski definition) is 8. The van der Waals surface area contributed by atoms with Crippen LogP contribution in [0, 0.1) is 0 Å². The smallest absolute Gasteiger partial charge is 0.162 e. The largest absolute Gasteiger partial charge is 0.494 e. The quantitative estimate of drug-likeness (QED) is 0.652. The summed E-state index contributed by atoms with van der Waals surface area (Å²) >= 11 is 0. The molecule has 2 N–H and O–H groups in total. The van der Waals surface area contributed by atoms with Gasteiger partial charge in [0.2, 0.25) is 0 Å². The Morgan fingerprint density at radius 1 is 1.10 bits per heavy atom. The summed E-state index contributed by atoms with van der Waals surface area (Å²) in [5.74, 6) is 3.18. The molecule has 8 heteroatoms. The molecule has 2 aliphatic rings. The molecule has 8 nitrogen and oxygen atoms in total. The lowest BCUT2D eigenvalue weighted by atomic mass is 9.95. The first-order valence-corrected chi connectivity index (χ1v) is 11.2. The molecular weight excluding hydrogens is 390 g/mol. The highest BCUT2D eigenvalue weighted by Gasteiger charge is 2.21. The zero-order valence-corrected chi connectivity index (χ0v) is 18.0. The summed E-state index contributed by atoms with van der Waals surface area (Å²) < 4.78 is 5.60. The predicted molar refractivity (Wildman–Crippen MR) is 123 cm³/mol. The first-order valence-electron chi connectivity index (χ1n) is 11.2. The number of anilines is 2. The van der Waals surface area contributed by atoms with Gasteiger partial charge >= 0.3 is 0 Å². The van der Waals surface area contributed by atoms with Gasteiger partial charge in [0, 0.05) is 44.0 Å². The molecule has 0 aromatic carbocycles. The van der Waals surface area contributed by atoms with E-state index in [4.69, 9.17) is 14.7 Å². The Balaban J connectivity index is 1.55. The number of hydrogen-bond donors (Lipinski definition) is 2. The normalized spacial score (nSPS) is 17.6. The fraction of sp³-hybridized carbons (Fsp3) is 0.478. The van der Waals surface area contributed by atoms with Crippen molar-refractivity contribution in [1.82, 2.24) is 25.3 Å². The van der Waals surface area contributed by atoms with Crippen molar-refractivity contribution >= 4 is 22.5 Å². The van der Waals surface area contributed by atoms with E-state index >= 15 is 0 Å². The standard InChI is InChI=1S/C23H29N7O/c1-31-19-15-25-14-18-21(19)23(30-11-9-24-10-12-30)29-22(28-18)16-7-8-26-20(13-16)27-17-5-3-2-4-6-17/h7-8,13-15,17,24H,2-6,9-12H2,1H3,(H,26,27). The van der Waals surface area contributed by atoms with Crippen LogP contribution in [0.5, 0.6) is 5.75 Å². The third kappa shape index (κ3) is 4.25. The van der Waals surface area contributed by atoms with Crippen molar-refractivity contribution in [3.05, 3.63) is 30.7 Å². The molecule has 2 fully saturated rings. The molecule has 0 amide bonds. The molecule has 0 unspecified atom stereocenters. The van der Waals surface area contributed by atoms with Gasteiger partial charge in [0.15, 0.2) is 5.82 Å². The van der Waals surface area contributed by atoms with E-state index in [0.717, 1.165) is 54.3 Å². The first-order chi connectivity index (χ1) is 15.3. The Morgan fingerprint density at radius 3 is 2.74 bits per heavy atom. The summed E-state index contributed by atoms with van der Waals surface area (Å²) in [4.78, 5) is 21.0. The number of nitrogens with one attached hydrogen (secondary N) is 2. The molecule has 5 rings (SSSR count). The molecule has 4 heterocycles. The predicted octanol–water partition coefficient (Wildman–Crippen LogP) is 3.25. The van der Waals surface area contributed by atoms with E-state index in [1.807, 2.05) is 12.3 Å². The summed E-state index contributed by atoms with van der Waals surface area (Å²) in [6.07, 6.45) is 11.7. The van der Waals surface area contributed by atoms with Crippen molar-refractivity contribution in [1.29, 1.82) is 0 Å². The van der Waals surface area contributed by atoms with Gasteiger partial charge in [-0.05, 0) is 25.0 Å². The van der Waals surface area contributed by atoms with Crippen LogP contribution in [0.1, 0.15) is 32.1 Å². The van der Waals surface area contributed by atoms with Crippen LogP contribution in [0.25, 0.3) is 22.3 Å². The molecule has 3 aromatic heterocycles. The van der Waals surface area contributed by atoms with Gasteiger partial charge in [0.1, 0.15) is 17.4 Å². The molecular formula is C23H29N7O. The van der Waals surface area contributed by atoms with Crippen molar-refractivity contribution in [2.24, 2.45) is 0 Å². The first kappa shape index (κ1) is 19.9. The van der Waals surface area contributed by atoms with E-state index in [1.165, 1.54) is 32.1 Å². The van der Waals surface area contributed by atoms with Crippen LogP contribution in [0.3, 0.4) is 0 Å². The number of methoxy groups -OCH3 is 1. The van der Waals surface area contributed by atoms with E-state index in [2.05, 4.69) is 31.6 Å². The molecule has 0 spiro atoms. The second kappa shape index (κ2) is 9.01. The monoisotopic (exact) mass is 419 g/mol. The summed E-state index contributed by atoms with van der Waals surface area (Å²) in [6, 6.07) is 4.53. The zero-order chi connectivity index (χ0) is 21.0. The Labute approximate surface area is 182 Å². The van der Waals surface area contributed by atoms with Gasteiger partial charge in [0.25, 0.3) is 0 Å². The second-order valence-corrected chi connectivity index (χ2v) is 8.25. The summed E-state index contributed by atoms with van der Waals surface area (Å²) in [7, 11) is 1.66. The maximum absolute atomic E-state index is 5.60. The molecule has 31 heavy (non-hydrogen) atoms. The molecule has 3 aromatic rings. The van der Waals surface area contributed by atoms with Crippen LogP contribution in [0.15, 0.2) is 30.7 Å². The van der Waals surface area contributed by atoms with Gasteiger partial charge in [0.05, 0.1) is 30.4 Å². The number of rotatable bonds is 5. The molecule has 0 atom stereocenters. The number of aromatic nitrogens is 4. The number of fused-ring (bicyclic) bond motifs is 1. The lowest BCUT2D eigenvalue weighted by Crippen LogP contribution is -2.44. The Kier molecular flexibility index (Phi) is 5.80. The molecule has 1 saturated carbocycles. The Hall–Kier alpha value is -3.00. The molecule has 162 valence electrons. The van der Waals surface area contributed by atoms with E-state index in [9.17, 15) is 0 Å². The van der Waals surface area contributed by atoms with Crippen molar-refractivity contribution in [3.63, 3.8) is 0 Å². The molecule has 1 aliphatic carbocycles. The lowest BCUT2D eigenvalue weighted by Gasteiger charge is -2.29. The SMILES string of the molecule is COc1cncc2nc(-c3ccnc(NC4CCCCC4)c3)nc(N3CCNCC3)c12. The fourth-order valence-electron chi connectivity index (χ4n) is 4.53. The van der Waals surface area contributed by atoms with Crippen LogP contribution >= 0.6 is 0 Å². The summed E-state index contributed by atoms with van der Waals surface area (Å²) in [6.45, 7) is 3.64. The van der Waals surface area contributed by atoms with Crippen molar-refractivity contribution in [2.45, 2.75) is 38.1 Å². The summed E-state index contributed by atoms with van der Waals surface area (Å²) in [5, 5.41) is 7.93. The maximum atomic E-state index is 5.60. The van der Waals surface area contributed by atoms with Crippen LogP contribution in [0.2, 0.25) is 0 Å². The fourth-order valence-corrected chi connectivity index (χ4v) is 4.53. The minimum Gasteiger partial charge on any atom is -0.494 e. The highest BCUT2D eigenvalue weighted by Crippen LogP contribution is 2.34.